The minimum atomic E-state index is -0.256. The Balaban J connectivity index is 2.07. The molecule has 1 aromatic heterocycles. The number of aromatic nitrogens is 1. The number of carbonyl (C=O) groups is 1. The third kappa shape index (κ3) is 4.58. The van der Waals surface area contributed by atoms with Crippen molar-refractivity contribution >= 4 is 34.5 Å². The monoisotopic (exact) mass is 322 g/mol. The molecule has 0 fully saturated rings. The second kappa shape index (κ2) is 7.24. The first-order chi connectivity index (χ1) is 10.1. The van der Waals surface area contributed by atoms with E-state index in [2.05, 4.69) is 10.3 Å². The van der Waals surface area contributed by atoms with Crippen molar-refractivity contribution in [2.75, 3.05) is 11.9 Å². The van der Waals surface area contributed by atoms with E-state index in [4.69, 9.17) is 16.3 Å². The number of carbonyl (C=O) groups excluding carboxylic acids is 1. The topological polar surface area (TPSA) is 51.2 Å². The van der Waals surface area contributed by atoms with Crippen LogP contribution in [-0.2, 0) is 0 Å². The van der Waals surface area contributed by atoms with Crippen molar-refractivity contribution < 1.29 is 9.53 Å². The van der Waals surface area contributed by atoms with Crippen molar-refractivity contribution in [2.45, 2.75) is 13.8 Å². The number of amides is 1. The van der Waals surface area contributed by atoms with Crippen LogP contribution >= 0.6 is 22.9 Å². The van der Waals surface area contributed by atoms with E-state index in [0.29, 0.717) is 28.8 Å². The Labute approximate surface area is 132 Å². The number of halogens is 1. The second-order valence-electron chi connectivity index (χ2n) is 4.57. The molecule has 0 atom stereocenters. The lowest BCUT2D eigenvalue weighted by Gasteiger charge is -2.09. The van der Waals surface area contributed by atoms with Gasteiger partial charge in [-0.15, -0.1) is 11.3 Å². The highest BCUT2D eigenvalue weighted by Gasteiger charge is 2.09. The molecule has 110 valence electrons. The molecule has 2 rings (SSSR count). The van der Waals surface area contributed by atoms with Crippen molar-refractivity contribution in [3.63, 3.8) is 0 Å². The normalized spacial score (nSPS) is 10.0. The lowest BCUT2D eigenvalue weighted by molar-refractivity contribution is 0.102. The summed E-state index contributed by atoms with van der Waals surface area (Å²) < 4.78 is 5.59. The molecule has 0 bridgehead atoms. The Kier molecular flexibility index (Phi) is 5.36. The van der Waals surface area contributed by atoms with E-state index in [1.807, 2.05) is 19.9 Å². The molecule has 4 nitrogen and oxygen atoms in total. The van der Waals surface area contributed by atoms with Crippen molar-refractivity contribution in [2.24, 2.45) is 0 Å². The first-order valence-corrected chi connectivity index (χ1v) is 7.63. The number of hydrogen-bond acceptors (Lipinski definition) is 4. The molecule has 1 amide bonds. The predicted molar refractivity (Wildman–Crippen MR) is 86.4 cm³/mol. The van der Waals surface area contributed by atoms with E-state index in [1.165, 1.54) is 16.9 Å². The van der Waals surface area contributed by atoms with Crippen molar-refractivity contribution in [1.29, 1.82) is 0 Å². The van der Waals surface area contributed by atoms with Gasteiger partial charge in [0.25, 0.3) is 5.91 Å². The van der Waals surface area contributed by atoms with Crippen LogP contribution in [0.5, 0.6) is 5.75 Å². The molecule has 21 heavy (non-hydrogen) atoms. The number of nitrogens with zero attached hydrogens (tertiary/aromatic N) is 1. The van der Waals surface area contributed by atoms with Crippen LogP contribution in [0.1, 0.15) is 24.3 Å². The summed E-state index contributed by atoms with van der Waals surface area (Å²) in [5.41, 5.74) is 3.79. The smallest absolute Gasteiger partial charge is 0.275 e. The Morgan fingerprint density at radius 2 is 2.29 bits per heavy atom. The van der Waals surface area contributed by atoms with Crippen molar-refractivity contribution in [1.82, 2.24) is 4.98 Å². The molecule has 0 aliphatic rings. The third-order valence-electron chi connectivity index (χ3n) is 2.58. The number of rotatable bonds is 5. The van der Waals surface area contributed by atoms with Gasteiger partial charge in [0.05, 0.1) is 10.5 Å². The van der Waals surface area contributed by atoms with Gasteiger partial charge in [0.15, 0.2) is 0 Å². The molecule has 0 aliphatic heterocycles. The van der Waals surface area contributed by atoms with Crippen LogP contribution in [-0.4, -0.2) is 17.5 Å². The molecular weight excluding hydrogens is 308 g/mol. The molecular formula is C15H15ClN2O2S. The maximum absolute atomic E-state index is 11.9. The number of anilines is 1. The number of nitrogens with one attached hydrogen (secondary N) is 1. The van der Waals surface area contributed by atoms with E-state index < -0.39 is 0 Å². The van der Waals surface area contributed by atoms with Crippen LogP contribution in [0, 0.1) is 0 Å². The SMILES string of the molecule is CC(C)=CCOc1cc(NC(=O)c2cscn2)ccc1Cl. The van der Waals surface area contributed by atoms with Gasteiger partial charge in [-0.2, -0.15) is 0 Å². The summed E-state index contributed by atoms with van der Waals surface area (Å²) in [4.78, 5) is 15.9. The van der Waals surface area contributed by atoms with Gasteiger partial charge in [-0.3, -0.25) is 4.79 Å². The average Bonchev–Trinajstić information content (AvgIpc) is 2.96. The van der Waals surface area contributed by atoms with Gasteiger partial charge in [-0.25, -0.2) is 4.98 Å². The summed E-state index contributed by atoms with van der Waals surface area (Å²) in [5, 5.41) is 4.96. The van der Waals surface area contributed by atoms with Crippen LogP contribution in [0.25, 0.3) is 0 Å². The van der Waals surface area contributed by atoms with E-state index in [9.17, 15) is 4.79 Å². The zero-order chi connectivity index (χ0) is 15.2. The highest BCUT2D eigenvalue weighted by Crippen LogP contribution is 2.28. The molecule has 0 aliphatic carbocycles. The summed E-state index contributed by atoms with van der Waals surface area (Å²) in [6, 6.07) is 5.11. The van der Waals surface area contributed by atoms with Crippen LogP contribution in [0.4, 0.5) is 5.69 Å². The van der Waals surface area contributed by atoms with Crippen LogP contribution < -0.4 is 10.1 Å². The minimum absolute atomic E-state index is 0.256. The molecule has 2 aromatic rings. The highest BCUT2D eigenvalue weighted by atomic mass is 35.5. The summed E-state index contributed by atoms with van der Waals surface area (Å²) in [5.74, 6) is 0.277. The molecule has 0 spiro atoms. The standard InChI is InChI=1S/C15H15ClN2O2S/c1-10(2)5-6-20-14-7-11(3-4-12(14)16)18-15(19)13-8-21-9-17-13/h3-5,7-9H,6H2,1-2H3,(H,18,19). The number of hydrogen-bond donors (Lipinski definition) is 1. The van der Waals surface area contributed by atoms with E-state index in [-0.39, 0.29) is 5.91 Å². The minimum Gasteiger partial charge on any atom is -0.488 e. The van der Waals surface area contributed by atoms with Gasteiger partial charge in [-0.05, 0) is 32.1 Å². The third-order valence-corrected chi connectivity index (χ3v) is 3.48. The van der Waals surface area contributed by atoms with Gasteiger partial charge in [0.1, 0.15) is 18.1 Å². The largest absolute Gasteiger partial charge is 0.488 e. The van der Waals surface area contributed by atoms with Crippen molar-refractivity contribution in [3.05, 3.63) is 51.5 Å². The van der Waals surface area contributed by atoms with Gasteiger partial charge >= 0.3 is 0 Å². The number of ether oxygens (including phenoxy) is 1. The first kappa shape index (κ1) is 15.5. The van der Waals surface area contributed by atoms with Crippen LogP contribution in [0.2, 0.25) is 5.02 Å². The maximum Gasteiger partial charge on any atom is 0.275 e. The fraction of sp³-hybridized carbons (Fsp3) is 0.200. The lowest BCUT2D eigenvalue weighted by atomic mass is 10.3. The average molecular weight is 323 g/mol. The zero-order valence-electron chi connectivity index (χ0n) is 11.7. The quantitative estimate of drug-likeness (QED) is 0.830. The van der Waals surface area contributed by atoms with E-state index >= 15 is 0 Å². The summed E-state index contributed by atoms with van der Waals surface area (Å²) in [6.45, 7) is 4.43. The second-order valence-corrected chi connectivity index (χ2v) is 5.69. The molecule has 0 unspecified atom stereocenters. The van der Waals surface area contributed by atoms with Crippen LogP contribution in [0.15, 0.2) is 40.7 Å². The molecule has 0 saturated heterocycles. The summed E-state index contributed by atoms with van der Waals surface area (Å²) in [6.07, 6.45) is 1.96. The van der Waals surface area contributed by atoms with Gasteiger partial charge in [0, 0.05) is 17.1 Å². The zero-order valence-corrected chi connectivity index (χ0v) is 13.3. The fourth-order valence-corrected chi connectivity index (χ4v) is 2.21. The van der Waals surface area contributed by atoms with Gasteiger partial charge in [-0.1, -0.05) is 17.2 Å². The predicted octanol–water partition coefficient (Wildman–Crippen LogP) is 4.39. The first-order valence-electron chi connectivity index (χ1n) is 6.31. The Morgan fingerprint density at radius 3 is 2.95 bits per heavy atom. The summed E-state index contributed by atoms with van der Waals surface area (Å²) >= 11 is 7.45. The molecule has 1 N–H and O–H groups in total. The Hall–Kier alpha value is -1.85. The number of allylic oxidation sites excluding steroid dienone is 1. The molecule has 1 heterocycles. The Bertz CT molecular complexity index is 650. The number of thiazole rings is 1. The van der Waals surface area contributed by atoms with Gasteiger partial charge in [0.2, 0.25) is 0 Å². The van der Waals surface area contributed by atoms with Crippen molar-refractivity contribution in [3.8, 4) is 5.75 Å². The molecule has 1 aromatic carbocycles. The molecule has 6 heteroatoms. The van der Waals surface area contributed by atoms with E-state index in [0.717, 1.165) is 0 Å². The Morgan fingerprint density at radius 1 is 1.48 bits per heavy atom. The summed E-state index contributed by atoms with van der Waals surface area (Å²) in [7, 11) is 0. The van der Waals surface area contributed by atoms with E-state index in [1.54, 1.807) is 29.1 Å². The van der Waals surface area contributed by atoms with Gasteiger partial charge < -0.3 is 10.1 Å². The maximum atomic E-state index is 11.9. The molecule has 0 radical (unpaired) electrons. The molecule has 0 saturated carbocycles. The fourth-order valence-electron chi connectivity index (χ4n) is 1.51. The highest BCUT2D eigenvalue weighted by molar-refractivity contribution is 7.07. The van der Waals surface area contributed by atoms with Crippen LogP contribution in [0.3, 0.4) is 0 Å². The number of benzene rings is 1. The lowest BCUT2D eigenvalue weighted by Crippen LogP contribution is -2.12.